The van der Waals surface area contributed by atoms with E-state index >= 15 is 0 Å². The first-order valence-electron chi connectivity index (χ1n) is 21.0. The molecule has 5 atom stereocenters. The van der Waals surface area contributed by atoms with E-state index in [1.807, 2.05) is 23.9 Å². The number of para-hydroxylation sites is 1. The minimum Gasteiger partial charge on any atom is -0.506 e. The molecule has 342 valence electrons. The molecule has 17 nitrogen and oxygen atoms in total. The third kappa shape index (κ3) is 10.3. The molecule has 1 unspecified atom stereocenters. The number of amides is 4. The van der Waals surface area contributed by atoms with Gasteiger partial charge in [-0.05, 0) is 75.6 Å². The lowest BCUT2D eigenvalue weighted by molar-refractivity contribution is -0.143. The summed E-state index contributed by atoms with van der Waals surface area (Å²) in [5, 5.41) is 22.2. The molecule has 7 rings (SSSR count). The number of halogens is 1. The Morgan fingerprint density at radius 3 is 2.42 bits per heavy atom. The van der Waals surface area contributed by atoms with Crippen LogP contribution in [-0.2, 0) is 29.4 Å². The van der Waals surface area contributed by atoms with Gasteiger partial charge in [0.05, 0.1) is 17.8 Å². The van der Waals surface area contributed by atoms with Gasteiger partial charge in [0, 0.05) is 35.2 Å². The molecular formula is C44H52ClN7O10S2. The Labute approximate surface area is 380 Å². The van der Waals surface area contributed by atoms with E-state index in [0.717, 1.165) is 12.8 Å². The molecular weight excluding hydrogens is 886 g/mol. The Hall–Kier alpha value is -5.66. The van der Waals surface area contributed by atoms with Crippen LogP contribution in [0.2, 0.25) is 5.02 Å². The normalized spacial score (nSPS) is 21.5. The van der Waals surface area contributed by atoms with E-state index in [1.54, 1.807) is 51.1 Å². The first-order chi connectivity index (χ1) is 30.3. The number of nitrogens with zero attached hydrogens (tertiary/aromatic N) is 3. The number of fused-ring (bicyclic) bond motifs is 1. The number of aromatic hydroxyl groups is 1. The number of thiazole rings is 1. The van der Waals surface area contributed by atoms with Gasteiger partial charge in [0.25, 0.3) is 5.91 Å². The summed E-state index contributed by atoms with van der Waals surface area (Å²) >= 11 is 7.99. The van der Waals surface area contributed by atoms with Gasteiger partial charge in [-0.25, -0.2) is 19.5 Å². The van der Waals surface area contributed by atoms with Crippen LogP contribution in [-0.4, -0.2) is 94.6 Å². The van der Waals surface area contributed by atoms with Gasteiger partial charge in [-0.3, -0.25) is 14.4 Å². The molecule has 3 heterocycles. The van der Waals surface area contributed by atoms with Gasteiger partial charge in [0.2, 0.25) is 11.8 Å². The average Bonchev–Trinajstić information content (AvgIpc) is 3.63. The molecule has 2 aromatic carbocycles. The highest BCUT2D eigenvalue weighted by atomic mass is 35.5. The van der Waals surface area contributed by atoms with Crippen molar-refractivity contribution in [3.8, 4) is 28.6 Å². The van der Waals surface area contributed by atoms with Crippen molar-refractivity contribution in [3.63, 3.8) is 0 Å². The predicted molar refractivity (Wildman–Crippen MR) is 241 cm³/mol. The molecule has 20 heteroatoms. The third-order valence-electron chi connectivity index (χ3n) is 11.4. The van der Waals surface area contributed by atoms with Gasteiger partial charge in [0.15, 0.2) is 5.13 Å². The van der Waals surface area contributed by atoms with Gasteiger partial charge >= 0.3 is 16.4 Å². The molecule has 2 saturated carbocycles. The maximum Gasteiger partial charge on any atom is 0.409 e. The predicted octanol–water partition coefficient (Wildman–Crippen LogP) is 6.47. The molecule has 64 heavy (non-hydrogen) atoms. The summed E-state index contributed by atoms with van der Waals surface area (Å²) in [4.78, 5) is 67.3. The van der Waals surface area contributed by atoms with Gasteiger partial charge in [-0.1, -0.05) is 56.6 Å². The number of ether oxygens (including phenoxy) is 2. The van der Waals surface area contributed by atoms with Crippen LogP contribution in [0.15, 0.2) is 66.6 Å². The molecule has 2 aliphatic carbocycles. The number of anilines is 1. The van der Waals surface area contributed by atoms with E-state index in [0.29, 0.717) is 34.7 Å². The smallest absolute Gasteiger partial charge is 0.409 e. The Kier molecular flexibility index (Phi) is 13.4. The van der Waals surface area contributed by atoms with E-state index in [4.69, 9.17) is 30.2 Å². The largest absolute Gasteiger partial charge is 0.506 e. The topological polar surface area (TPSA) is 227 Å². The van der Waals surface area contributed by atoms with Gasteiger partial charge < -0.3 is 39.6 Å². The Balaban J connectivity index is 1.21. The van der Waals surface area contributed by atoms with Crippen molar-refractivity contribution < 1.29 is 46.4 Å². The van der Waals surface area contributed by atoms with Crippen molar-refractivity contribution in [2.75, 3.05) is 11.9 Å². The minimum absolute atomic E-state index is 0.0130. The van der Waals surface area contributed by atoms with Crippen LogP contribution in [0, 0.1) is 11.3 Å². The van der Waals surface area contributed by atoms with Crippen LogP contribution < -0.4 is 29.6 Å². The molecule has 3 fully saturated rings. The maximum atomic E-state index is 14.8. The quantitative estimate of drug-likeness (QED) is 0.0807. The lowest BCUT2D eigenvalue weighted by Gasteiger charge is -2.35. The number of alkyl carbamates (subject to hydrolysis) is 1. The summed E-state index contributed by atoms with van der Waals surface area (Å²) in [5.74, 6) is -3.09. The number of carbonyl (C=O) groups excluding carboxylic acids is 4. The standard InChI is InChI=1S/C44H52ClN7O10S2/c1-7-25-21-44(25,40(56)51-64(58,59)62-27-15-9-8-10-16-27)50-38(54)32-19-28(22-52(32)39(55)37(43(4,5)6)49-42(57)61-26-13-11-12-14-26)60-34-20-30(31-23-63-41(48-31)46-24(2)3)47-36-29(34)17-18-33(53)35(36)45/h7-10,15-18,20,23-26,28,32,37,53H,1,11-14,19,21-22H2,2-6H3,(H,46,48)(H,49,57)(H,50,54)(H,51,56)/t25-,28?,32+,37-,44-/m1/s1. The Morgan fingerprint density at radius 1 is 1.05 bits per heavy atom. The van der Waals surface area contributed by atoms with Crippen LogP contribution in [0.5, 0.6) is 17.2 Å². The second kappa shape index (κ2) is 18.4. The second-order valence-electron chi connectivity index (χ2n) is 17.7. The fourth-order valence-corrected chi connectivity index (χ4v) is 9.87. The summed E-state index contributed by atoms with van der Waals surface area (Å²) in [6.07, 6.45) is 2.70. The highest BCUT2D eigenvalue weighted by Crippen LogP contribution is 2.46. The lowest BCUT2D eigenvalue weighted by atomic mass is 9.85. The highest BCUT2D eigenvalue weighted by molar-refractivity contribution is 7.85. The van der Waals surface area contributed by atoms with E-state index in [1.165, 1.54) is 40.5 Å². The van der Waals surface area contributed by atoms with Crippen molar-refractivity contribution in [1.29, 1.82) is 0 Å². The average molecular weight is 939 g/mol. The zero-order valence-electron chi connectivity index (χ0n) is 36.1. The van der Waals surface area contributed by atoms with Crippen molar-refractivity contribution in [1.82, 2.24) is 30.2 Å². The second-order valence-corrected chi connectivity index (χ2v) is 20.2. The number of benzene rings is 2. The number of likely N-dealkylation sites (tertiary alicyclic amines) is 1. The molecule has 4 aromatic rings. The molecule has 0 spiro atoms. The SMILES string of the molecule is C=C[C@@H]1C[C@]1(NC(=O)[C@@H]1CC(Oc2cc(-c3csc(NC(C)C)n3)nc3c(Cl)c(O)ccc23)CN1C(=O)[C@@H](NC(=O)OC1CCCC1)C(C)(C)C)C(=O)NS(=O)(=O)Oc1ccccc1. The highest BCUT2D eigenvalue weighted by Gasteiger charge is 2.62. The first kappa shape index (κ1) is 46.3. The molecule has 5 N–H and O–H groups in total. The van der Waals surface area contributed by atoms with Crippen molar-refractivity contribution in [2.45, 2.75) is 109 Å². The first-order valence-corrected chi connectivity index (χ1v) is 23.7. The monoisotopic (exact) mass is 937 g/mol. The van der Waals surface area contributed by atoms with E-state index in [-0.39, 0.29) is 59.3 Å². The number of phenols is 1. The number of hydrogen-bond donors (Lipinski definition) is 5. The van der Waals surface area contributed by atoms with Crippen molar-refractivity contribution in [3.05, 3.63) is 71.6 Å². The number of nitrogens with one attached hydrogen (secondary N) is 4. The molecule has 4 amide bonds. The lowest BCUT2D eigenvalue weighted by Crippen LogP contribution is -2.60. The Bertz CT molecular complexity index is 2550. The van der Waals surface area contributed by atoms with E-state index < -0.39 is 69.2 Å². The zero-order valence-corrected chi connectivity index (χ0v) is 38.4. The summed E-state index contributed by atoms with van der Waals surface area (Å²) in [6, 6.07) is 9.90. The summed E-state index contributed by atoms with van der Waals surface area (Å²) in [6.45, 7) is 12.9. The fourth-order valence-electron chi connectivity index (χ4n) is 7.99. The molecule has 0 bridgehead atoms. The van der Waals surface area contributed by atoms with Gasteiger partial charge in [-0.15, -0.1) is 17.9 Å². The van der Waals surface area contributed by atoms with E-state index in [9.17, 15) is 32.7 Å². The third-order valence-corrected chi connectivity index (χ3v) is 13.3. The number of hydrogen-bond acceptors (Lipinski definition) is 14. The van der Waals surface area contributed by atoms with Crippen LogP contribution >= 0.6 is 22.9 Å². The zero-order chi connectivity index (χ0) is 46.1. The molecule has 3 aliphatic rings. The van der Waals surface area contributed by atoms with Gasteiger partial charge in [-0.2, -0.15) is 8.42 Å². The van der Waals surface area contributed by atoms with Crippen LogP contribution in [0.4, 0.5) is 9.93 Å². The van der Waals surface area contributed by atoms with Crippen LogP contribution in [0.3, 0.4) is 0 Å². The van der Waals surface area contributed by atoms with Crippen LogP contribution in [0.25, 0.3) is 22.3 Å². The molecule has 2 aromatic heterocycles. The molecule has 0 radical (unpaired) electrons. The molecule has 1 aliphatic heterocycles. The van der Waals surface area contributed by atoms with Crippen molar-refractivity contribution in [2.24, 2.45) is 11.3 Å². The van der Waals surface area contributed by atoms with Crippen molar-refractivity contribution >= 4 is 73.1 Å². The fraction of sp³-hybridized carbons (Fsp3) is 0.455. The van der Waals surface area contributed by atoms with Crippen LogP contribution in [0.1, 0.15) is 73.1 Å². The minimum atomic E-state index is -4.69. The maximum absolute atomic E-state index is 14.8. The number of rotatable bonds is 15. The summed E-state index contributed by atoms with van der Waals surface area (Å²) < 4.78 is 45.3. The Morgan fingerprint density at radius 2 is 1.77 bits per heavy atom. The number of aromatic nitrogens is 2. The van der Waals surface area contributed by atoms with E-state index in [2.05, 4.69) is 27.5 Å². The summed E-state index contributed by atoms with van der Waals surface area (Å²) in [7, 11) is -4.69. The number of phenolic OH excluding ortho intramolecular Hbond substituents is 1. The summed E-state index contributed by atoms with van der Waals surface area (Å²) in [5.41, 5.74) is -1.52. The number of pyridine rings is 1. The molecule has 1 saturated heterocycles. The number of carbonyl (C=O) groups is 4. The van der Waals surface area contributed by atoms with Gasteiger partial charge in [0.1, 0.15) is 57.8 Å².